The first-order valence-corrected chi connectivity index (χ1v) is 9.18. The van der Waals surface area contributed by atoms with E-state index in [1.807, 2.05) is 6.92 Å². The molecule has 26 heavy (non-hydrogen) atoms. The zero-order valence-corrected chi connectivity index (χ0v) is 15.3. The van der Waals surface area contributed by atoms with Crippen molar-refractivity contribution in [2.45, 2.75) is 74.8 Å². The molecule has 0 radical (unpaired) electrons. The lowest BCUT2D eigenvalue weighted by atomic mass is 9.97. The number of hydrogen-bond donors (Lipinski definition) is 7. The van der Waals surface area contributed by atoms with Gasteiger partial charge < -0.3 is 49.6 Å². The standard InChI is InChI=1S/C15H28O10S/c1-2-3-22-14-12(21)10(19)13(6(4-16)23-14)25-15-11(20)9(18)8(17)7(5-26)24-15/h6-21,26H,2-5H2,1H3/t6?,7?,8-,9-,10+,11?,12?,13+,14+,15-/m0/s1. The predicted molar refractivity (Wildman–Crippen MR) is 89.4 cm³/mol. The molecule has 2 heterocycles. The lowest BCUT2D eigenvalue weighted by molar-refractivity contribution is -0.356. The molecule has 4 unspecified atom stereocenters. The van der Waals surface area contributed by atoms with Crippen molar-refractivity contribution in [2.24, 2.45) is 0 Å². The number of aliphatic hydroxyl groups is 6. The maximum absolute atomic E-state index is 10.4. The van der Waals surface area contributed by atoms with E-state index in [1.54, 1.807) is 0 Å². The van der Waals surface area contributed by atoms with E-state index in [0.717, 1.165) is 0 Å². The van der Waals surface area contributed by atoms with Crippen LogP contribution < -0.4 is 0 Å². The van der Waals surface area contributed by atoms with E-state index in [2.05, 4.69) is 12.6 Å². The van der Waals surface area contributed by atoms with Crippen molar-refractivity contribution in [3.8, 4) is 0 Å². The highest BCUT2D eigenvalue weighted by molar-refractivity contribution is 7.80. The van der Waals surface area contributed by atoms with Crippen molar-refractivity contribution in [2.75, 3.05) is 19.0 Å². The maximum Gasteiger partial charge on any atom is 0.187 e. The van der Waals surface area contributed by atoms with Crippen LogP contribution in [0.4, 0.5) is 0 Å². The molecule has 2 saturated heterocycles. The normalized spacial score (nSPS) is 47.1. The zero-order chi connectivity index (χ0) is 19.4. The molecule has 10 nitrogen and oxygen atoms in total. The summed E-state index contributed by atoms with van der Waals surface area (Å²) in [5.41, 5.74) is 0. The van der Waals surface area contributed by atoms with Gasteiger partial charge in [-0.05, 0) is 6.42 Å². The van der Waals surface area contributed by atoms with Crippen LogP contribution in [0.15, 0.2) is 0 Å². The summed E-state index contributed by atoms with van der Waals surface area (Å²) < 4.78 is 21.6. The molecule has 2 fully saturated rings. The first-order chi connectivity index (χ1) is 12.3. The van der Waals surface area contributed by atoms with Gasteiger partial charge in [0.15, 0.2) is 12.6 Å². The van der Waals surface area contributed by atoms with E-state index < -0.39 is 68.0 Å². The van der Waals surface area contributed by atoms with Crippen LogP contribution in [0.25, 0.3) is 0 Å². The largest absolute Gasteiger partial charge is 0.394 e. The van der Waals surface area contributed by atoms with Crippen LogP contribution in [0.5, 0.6) is 0 Å². The second kappa shape index (κ2) is 9.94. The van der Waals surface area contributed by atoms with Crippen LogP contribution in [0.1, 0.15) is 13.3 Å². The molecular formula is C15H28O10S. The molecule has 0 spiro atoms. The Labute approximate surface area is 156 Å². The van der Waals surface area contributed by atoms with Gasteiger partial charge in [-0.2, -0.15) is 12.6 Å². The summed E-state index contributed by atoms with van der Waals surface area (Å²) in [5, 5.41) is 59.9. The fourth-order valence-corrected chi connectivity index (χ4v) is 3.23. The van der Waals surface area contributed by atoms with Gasteiger partial charge in [-0.25, -0.2) is 0 Å². The molecule has 0 aromatic heterocycles. The fourth-order valence-electron chi connectivity index (χ4n) is 2.93. The summed E-state index contributed by atoms with van der Waals surface area (Å²) in [6.07, 6.45) is -12.6. The van der Waals surface area contributed by atoms with Gasteiger partial charge in [-0.1, -0.05) is 6.92 Å². The second-order valence-electron chi connectivity index (χ2n) is 6.38. The van der Waals surface area contributed by atoms with E-state index in [-0.39, 0.29) is 12.4 Å². The van der Waals surface area contributed by atoms with E-state index in [9.17, 15) is 30.6 Å². The molecule has 6 N–H and O–H groups in total. The average molecular weight is 400 g/mol. The minimum Gasteiger partial charge on any atom is -0.394 e. The Morgan fingerprint density at radius 3 is 2.04 bits per heavy atom. The number of hydrogen-bond acceptors (Lipinski definition) is 11. The van der Waals surface area contributed by atoms with E-state index in [0.29, 0.717) is 6.42 Å². The molecule has 10 atom stereocenters. The second-order valence-corrected chi connectivity index (χ2v) is 6.74. The Balaban J connectivity index is 2.09. The van der Waals surface area contributed by atoms with Crippen LogP contribution in [-0.2, 0) is 18.9 Å². The first-order valence-electron chi connectivity index (χ1n) is 8.55. The Kier molecular flexibility index (Phi) is 8.50. The molecule has 0 amide bonds. The van der Waals surface area contributed by atoms with Crippen molar-refractivity contribution in [1.82, 2.24) is 0 Å². The van der Waals surface area contributed by atoms with Gasteiger partial charge in [-0.15, -0.1) is 0 Å². The molecule has 0 aliphatic carbocycles. The van der Waals surface area contributed by atoms with Crippen LogP contribution in [0.3, 0.4) is 0 Å². The predicted octanol–water partition coefficient (Wildman–Crippen LogP) is -3.03. The fraction of sp³-hybridized carbons (Fsp3) is 1.00. The molecule has 11 heteroatoms. The van der Waals surface area contributed by atoms with Crippen molar-refractivity contribution in [3.63, 3.8) is 0 Å². The summed E-state index contributed by atoms with van der Waals surface area (Å²) in [6, 6.07) is 0. The Bertz CT molecular complexity index is 425. The van der Waals surface area contributed by atoms with Crippen LogP contribution >= 0.6 is 12.6 Å². The number of ether oxygens (including phenoxy) is 4. The summed E-state index contributed by atoms with van der Waals surface area (Å²) in [5.74, 6) is 0.0491. The lowest BCUT2D eigenvalue weighted by Crippen LogP contribution is -2.64. The van der Waals surface area contributed by atoms with Gasteiger partial charge in [0.05, 0.1) is 12.7 Å². The minimum atomic E-state index is -1.61. The van der Waals surface area contributed by atoms with Crippen LogP contribution in [-0.4, -0.2) is 111 Å². The van der Waals surface area contributed by atoms with E-state index in [4.69, 9.17) is 18.9 Å². The van der Waals surface area contributed by atoms with Crippen molar-refractivity contribution in [3.05, 3.63) is 0 Å². The average Bonchev–Trinajstić information content (AvgIpc) is 2.64. The van der Waals surface area contributed by atoms with Crippen LogP contribution in [0.2, 0.25) is 0 Å². The third-order valence-corrected chi connectivity index (χ3v) is 4.81. The zero-order valence-electron chi connectivity index (χ0n) is 14.4. The Morgan fingerprint density at radius 2 is 1.46 bits per heavy atom. The Morgan fingerprint density at radius 1 is 0.846 bits per heavy atom. The molecular weight excluding hydrogens is 372 g/mol. The van der Waals surface area contributed by atoms with Gasteiger partial charge in [0.2, 0.25) is 0 Å². The molecule has 0 aromatic carbocycles. The monoisotopic (exact) mass is 400 g/mol. The maximum atomic E-state index is 10.4. The van der Waals surface area contributed by atoms with Gasteiger partial charge in [-0.3, -0.25) is 0 Å². The van der Waals surface area contributed by atoms with E-state index in [1.165, 1.54) is 0 Å². The number of rotatable bonds is 7. The lowest BCUT2D eigenvalue weighted by Gasteiger charge is -2.46. The quantitative estimate of drug-likeness (QED) is 0.219. The summed E-state index contributed by atoms with van der Waals surface area (Å²) in [7, 11) is 0. The first kappa shape index (κ1) is 22.2. The molecule has 154 valence electrons. The van der Waals surface area contributed by atoms with Crippen molar-refractivity contribution >= 4 is 12.6 Å². The molecule has 2 aliphatic heterocycles. The summed E-state index contributed by atoms with van der Waals surface area (Å²) in [6.45, 7) is 1.60. The molecule has 2 rings (SSSR count). The molecule has 0 bridgehead atoms. The minimum absolute atomic E-state index is 0.0491. The van der Waals surface area contributed by atoms with Crippen molar-refractivity contribution < 1.29 is 49.6 Å². The molecule has 0 aromatic rings. The third-order valence-electron chi connectivity index (χ3n) is 4.45. The van der Waals surface area contributed by atoms with Gasteiger partial charge in [0, 0.05) is 12.4 Å². The molecule has 2 aliphatic rings. The number of thiol groups is 1. The highest BCUT2D eigenvalue weighted by Crippen LogP contribution is 2.29. The highest BCUT2D eigenvalue weighted by Gasteiger charge is 2.50. The SMILES string of the molecule is CCCO[C@@H]1OC(CO)[C@@H](O[C@@H]2OC(CS)[C@H](O)[C@H](O)C2O)[C@H](O)C1O. The third kappa shape index (κ3) is 4.67. The Hall–Kier alpha value is -0.0500. The van der Waals surface area contributed by atoms with Gasteiger partial charge >= 0.3 is 0 Å². The number of aliphatic hydroxyl groups excluding tert-OH is 6. The van der Waals surface area contributed by atoms with Crippen LogP contribution in [0, 0.1) is 0 Å². The molecule has 0 saturated carbocycles. The highest BCUT2D eigenvalue weighted by atomic mass is 32.1. The smallest absolute Gasteiger partial charge is 0.187 e. The summed E-state index contributed by atoms with van der Waals surface area (Å²) >= 11 is 4.01. The van der Waals surface area contributed by atoms with E-state index >= 15 is 0 Å². The van der Waals surface area contributed by atoms with Crippen molar-refractivity contribution in [1.29, 1.82) is 0 Å². The van der Waals surface area contributed by atoms with Gasteiger partial charge in [0.25, 0.3) is 0 Å². The topological polar surface area (TPSA) is 158 Å². The van der Waals surface area contributed by atoms with Gasteiger partial charge in [0.1, 0.15) is 42.7 Å². The summed E-state index contributed by atoms with van der Waals surface area (Å²) in [4.78, 5) is 0.